The molecule has 104 valence electrons. The van der Waals surface area contributed by atoms with Crippen molar-refractivity contribution in [2.45, 2.75) is 6.42 Å². The van der Waals surface area contributed by atoms with Gasteiger partial charge in [0.25, 0.3) is 0 Å². The molecule has 3 rings (SSSR count). The molecule has 0 radical (unpaired) electrons. The Morgan fingerprint density at radius 3 is 2.62 bits per heavy atom. The van der Waals surface area contributed by atoms with Gasteiger partial charge in [-0.25, -0.2) is 9.36 Å². The summed E-state index contributed by atoms with van der Waals surface area (Å²) in [6, 6.07) is 14.1. The van der Waals surface area contributed by atoms with Gasteiger partial charge in [-0.1, -0.05) is 36.4 Å². The van der Waals surface area contributed by atoms with E-state index < -0.39 is 0 Å². The Morgan fingerprint density at radius 2 is 1.86 bits per heavy atom. The van der Waals surface area contributed by atoms with Crippen molar-refractivity contribution in [3.05, 3.63) is 80.5 Å². The van der Waals surface area contributed by atoms with Gasteiger partial charge < -0.3 is 0 Å². The van der Waals surface area contributed by atoms with Crippen LogP contribution in [0.25, 0.3) is 5.82 Å². The van der Waals surface area contributed by atoms with E-state index in [-0.39, 0.29) is 4.87 Å². The molecular weight excluding hydrogens is 284 g/mol. The number of hydrogen-bond acceptors (Lipinski definition) is 3. The topological polar surface area (TPSA) is 53.8 Å². The fourth-order valence-electron chi connectivity index (χ4n) is 2.20. The minimum Gasteiger partial charge on any atom is -0.297 e. The molecule has 0 aliphatic rings. The van der Waals surface area contributed by atoms with E-state index in [0.717, 1.165) is 23.3 Å². The molecule has 21 heavy (non-hydrogen) atoms. The summed E-state index contributed by atoms with van der Waals surface area (Å²) in [6.07, 6.45) is 5.25. The first kappa shape index (κ1) is 13.5. The van der Waals surface area contributed by atoms with Crippen LogP contribution in [0.15, 0.2) is 59.7 Å². The zero-order chi connectivity index (χ0) is 14.7. The molecule has 2 heterocycles. The number of pyridine rings is 1. The van der Waals surface area contributed by atoms with Gasteiger partial charge in [-0.15, -0.1) is 0 Å². The van der Waals surface area contributed by atoms with Crippen molar-refractivity contribution in [3.63, 3.8) is 0 Å². The first-order valence-corrected chi connectivity index (χ1v) is 7.31. The number of H-pyrrole nitrogens is 1. The van der Waals surface area contributed by atoms with Gasteiger partial charge in [0.15, 0.2) is 11.2 Å². The molecule has 0 aliphatic carbocycles. The van der Waals surface area contributed by atoms with Crippen molar-refractivity contribution in [3.8, 4) is 5.82 Å². The van der Waals surface area contributed by atoms with Crippen LogP contribution in [0.1, 0.15) is 20.8 Å². The highest BCUT2D eigenvalue weighted by molar-refractivity contribution is 7.11. The zero-order valence-corrected chi connectivity index (χ0v) is 12.0. The fourth-order valence-corrected chi connectivity index (χ4v) is 2.85. The summed E-state index contributed by atoms with van der Waals surface area (Å²) >= 11 is 0.919. The second-order valence-electron chi connectivity index (χ2n) is 4.63. The van der Waals surface area contributed by atoms with Crippen LogP contribution in [-0.2, 0) is 6.42 Å². The lowest BCUT2D eigenvalue weighted by molar-refractivity contribution is -0.599. The first-order chi connectivity index (χ1) is 10.3. The lowest BCUT2D eigenvalue weighted by atomic mass is 10.1. The van der Waals surface area contributed by atoms with Crippen LogP contribution in [0.3, 0.4) is 0 Å². The normalized spacial score (nSPS) is 10.5. The number of nitrogens with one attached hydrogen (secondary N) is 1. The number of carbonyl (C=O) groups is 1. The van der Waals surface area contributed by atoms with Crippen molar-refractivity contribution in [2.24, 2.45) is 0 Å². The fraction of sp³-hybridized carbons (Fsp3) is 0.0625. The lowest BCUT2D eigenvalue weighted by Crippen LogP contribution is -2.32. The maximum atomic E-state index is 11.4. The smallest absolute Gasteiger partial charge is 0.297 e. The summed E-state index contributed by atoms with van der Waals surface area (Å²) in [5.41, 5.74) is 2.32. The maximum absolute atomic E-state index is 11.4. The Labute approximate surface area is 125 Å². The molecule has 0 unspecified atom stereocenters. The number of rotatable bonds is 4. The number of carbonyl (C=O) groups excluding carboxylic acids is 1. The van der Waals surface area contributed by atoms with E-state index in [9.17, 15) is 9.59 Å². The molecule has 0 spiro atoms. The number of aldehydes is 1. The molecular formula is C16H13N2O2S+. The molecule has 0 aliphatic heterocycles. The summed E-state index contributed by atoms with van der Waals surface area (Å²) in [5.74, 6) is 0.523. The zero-order valence-electron chi connectivity index (χ0n) is 11.2. The Bertz CT molecular complexity index is 822. The van der Waals surface area contributed by atoms with E-state index in [1.165, 1.54) is 5.56 Å². The summed E-state index contributed by atoms with van der Waals surface area (Å²) < 4.78 is 1.78. The monoisotopic (exact) mass is 297 g/mol. The first-order valence-electron chi connectivity index (χ1n) is 6.49. The lowest BCUT2D eigenvalue weighted by Gasteiger charge is -2.02. The predicted molar refractivity (Wildman–Crippen MR) is 81.1 cm³/mol. The second-order valence-corrected chi connectivity index (χ2v) is 5.64. The third-order valence-corrected chi connectivity index (χ3v) is 3.93. The molecule has 0 atom stereocenters. The van der Waals surface area contributed by atoms with E-state index in [2.05, 4.69) is 17.1 Å². The van der Waals surface area contributed by atoms with Gasteiger partial charge in [-0.2, -0.15) is 4.98 Å². The quantitative estimate of drug-likeness (QED) is 0.592. The Morgan fingerprint density at radius 1 is 1.10 bits per heavy atom. The highest BCUT2D eigenvalue weighted by Gasteiger charge is 2.17. The van der Waals surface area contributed by atoms with Crippen molar-refractivity contribution >= 4 is 17.6 Å². The van der Waals surface area contributed by atoms with Gasteiger partial charge >= 0.3 is 10.7 Å². The minimum absolute atomic E-state index is 0.229. The molecule has 3 aromatic rings. The van der Waals surface area contributed by atoms with Crippen LogP contribution in [0.2, 0.25) is 0 Å². The number of benzene rings is 1. The van der Waals surface area contributed by atoms with E-state index in [4.69, 9.17) is 0 Å². The molecule has 0 saturated carbocycles. The van der Waals surface area contributed by atoms with Crippen molar-refractivity contribution in [2.75, 3.05) is 0 Å². The third kappa shape index (κ3) is 2.98. The number of thiazole rings is 1. The molecule has 0 fully saturated rings. The molecule has 2 aromatic heterocycles. The molecule has 4 nitrogen and oxygen atoms in total. The SMILES string of the molecule is O=Cc1sc(=O)[nH]c1-[n+]1cccc(Cc2ccccc2)c1. The van der Waals surface area contributed by atoms with E-state index in [1.54, 1.807) is 4.57 Å². The van der Waals surface area contributed by atoms with Crippen LogP contribution < -0.4 is 9.44 Å². The van der Waals surface area contributed by atoms with Crippen molar-refractivity contribution in [1.29, 1.82) is 0 Å². The van der Waals surface area contributed by atoms with Gasteiger partial charge in [-0.3, -0.25) is 4.79 Å². The minimum atomic E-state index is -0.229. The number of aromatic nitrogens is 2. The van der Waals surface area contributed by atoms with Crippen LogP contribution >= 0.6 is 11.3 Å². The van der Waals surface area contributed by atoms with Gasteiger partial charge in [0.2, 0.25) is 0 Å². The van der Waals surface area contributed by atoms with Gasteiger partial charge in [0.05, 0.1) is 12.4 Å². The van der Waals surface area contributed by atoms with Crippen LogP contribution in [0.4, 0.5) is 0 Å². The van der Waals surface area contributed by atoms with Gasteiger partial charge in [-0.05, 0) is 28.5 Å². The molecule has 1 aromatic carbocycles. The average molecular weight is 297 g/mol. The predicted octanol–water partition coefficient (Wildman–Crippen LogP) is 2.12. The average Bonchev–Trinajstić information content (AvgIpc) is 2.90. The molecule has 0 saturated heterocycles. The van der Waals surface area contributed by atoms with E-state index >= 15 is 0 Å². The number of nitrogens with zero attached hydrogens (tertiary/aromatic N) is 1. The summed E-state index contributed by atoms with van der Waals surface area (Å²) in [7, 11) is 0. The molecule has 1 N–H and O–H groups in total. The Hall–Kier alpha value is -2.53. The van der Waals surface area contributed by atoms with Gasteiger partial charge in [0.1, 0.15) is 0 Å². The standard InChI is InChI=1S/C16H12N2O2S/c19-11-14-15(17-16(20)21-14)18-8-4-7-13(10-18)9-12-5-2-1-3-6-12/h1-8,10-11H,9H2/p+1. The highest BCUT2D eigenvalue weighted by Crippen LogP contribution is 2.09. The van der Waals surface area contributed by atoms with Gasteiger partial charge in [0, 0.05) is 6.42 Å². The Balaban J connectivity index is 1.96. The van der Waals surface area contributed by atoms with E-state index in [1.807, 2.05) is 42.7 Å². The van der Waals surface area contributed by atoms with Crippen molar-refractivity contribution < 1.29 is 9.36 Å². The second kappa shape index (κ2) is 5.85. The maximum Gasteiger partial charge on any atom is 0.390 e. The molecule has 5 heteroatoms. The molecule has 0 bridgehead atoms. The number of hydrogen-bond donors (Lipinski definition) is 1. The Kier molecular flexibility index (Phi) is 3.75. The highest BCUT2D eigenvalue weighted by atomic mass is 32.1. The molecule has 0 amide bonds. The third-order valence-electron chi connectivity index (χ3n) is 3.13. The number of aromatic amines is 1. The van der Waals surface area contributed by atoms with E-state index in [0.29, 0.717) is 17.0 Å². The summed E-state index contributed by atoms with van der Waals surface area (Å²) in [6.45, 7) is 0. The summed E-state index contributed by atoms with van der Waals surface area (Å²) in [5, 5.41) is 0. The van der Waals surface area contributed by atoms with Crippen LogP contribution in [0.5, 0.6) is 0 Å². The van der Waals surface area contributed by atoms with Crippen LogP contribution in [0, 0.1) is 0 Å². The summed E-state index contributed by atoms with van der Waals surface area (Å²) in [4.78, 5) is 25.3. The van der Waals surface area contributed by atoms with Crippen LogP contribution in [-0.4, -0.2) is 11.3 Å². The van der Waals surface area contributed by atoms with Crippen molar-refractivity contribution in [1.82, 2.24) is 4.98 Å². The largest absolute Gasteiger partial charge is 0.390 e.